The number of rotatable bonds is 1. The lowest BCUT2D eigenvalue weighted by Gasteiger charge is -2.26. The summed E-state index contributed by atoms with van der Waals surface area (Å²) in [5, 5.41) is 9.39. The van der Waals surface area contributed by atoms with Crippen molar-refractivity contribution in [2.45, 2.75) is 32.8 Å². The summed E-state index contributed by atoms with van der Waals surface area (Å²) in [5.74, 6) is -0.299. The van der Waals surface area contributed by atoms with Crippen LogP contribution in [0.2, 0.25) is 0 Å². The van der Waals surface area contributed by atoms with Crippen molar-refractivity contribution in [1.29, 1.82) is 0 Å². The van der Waals surface area contributed by atoms with Crippen molar-refractivity contribution in [2.24, 2.45) is 0 Å². The number of benzene rings is 1. The fourth-order valence-corrected chi connectivity index (χ4v) is 2.48. The van der Waals surface area contributed by atoms with Crippen LogP contribution in [-0.2, 0) is 12.0 Å². The summed E-state index contributed by atoms with van der Waals surface area (Å²) >= 11 is 0. The monoisotopic (exact) mass is 300 g/mol. The van der Waals surface area contributed by atoms with E-state index in [1.54, 1.807) is 0 Å². The van der Waals surface area contributed by atoms with E-state index in [4.69, 9.17) is 4.74 Å². The third kappa shape index (κ3) is 2.26. The molecule has 2 heterocycles. The van der Waals surface area contributed by atoms with Crippen LogP contribution in [0.15, 0.2) is 29.1 Å². The molecule has 0 saturated heterocycles. The van der Waals surface area contributed by atoms with Gasteiger partial charge in [-0.2, -0.15) is 4.98 Å². The van der Waals surface area contributed by atoms with Crippen LogP contribution < -0.4 is 10.3 Å². The van der Waals surface area contributed by atoms with Crippen LogP contribution >= 0.6 is 0 Å². The number of ether oxygens (including phenoxy) is 1. The summed E-state index contributed by atoms with van der Waals surface area (Å²) in [6, 6.07) is 6.70. The zero-order valence-corrected chi connectivity index (χ0v) is 12.6. The normalized spacial score (nSPS) is 13.0. The maximum atomic E-state index is 11.6. The maximum absolute atomic E-state index is 11.6. The topological polar surface area (TPSA) is 81.4 Å². The first-order valence-electron chi connectivity index (χ1n) is 6.91. The Kier molecular flexibility index (Phi) is 3.05. The average Bonchev–Trinajstić information content (AvgIpc) is 2.44. The molecule has 1 aliphatic heterocycles. The van der Waals surface area contributed by atoms with Gasteiger partial charge in [-0.05, 0) is 23.1 Å². The van der Waals surface area contributed by atoms with Gasteiger partial charge in [-0.25, -0.2) is 4.79 Å². The molecule has 0 aliphatic carbocycles. The van der Waals surface area contributed by atoms with Gasteiger partial charge in [0.15, 0.2) is 5.82 Å². The standard InChI is InChI=1S/C16H16N2O4/c1-16(2,3)9-4-5-12-10(6-9)18-11(15(20)21)7-14(19)17-13(18)8-22-12/h4-7H,8H2,1-3H3,(H,20,21). The van der Waals surface area contributed by atoms with Gasteiger partial charge in [0.05, 0.1) is 5.69 Å². The lowest BCUT2D eigenvalue weighted by Crippen LogP contribution is -2.27. The average molecular weight is 300 g/mol. The van der Waals surface area contributed by atoms with E-state index in [0.717, 1.165) is 11.6 Å². The second-order valence-corrected chi connectivity index (χ2v) is 6.26. The highest BCUT2D eigenvalue weighted by atomic mass is 16.5. The van der Waals surface area contributed by atoms with Gasteiger partial charge in [-0.1, -0.05) is 26.8 Å². The molecule has 1 aromatic heterocycles. The van der Waals surface area contributed by atoms with E-state index < -0.39 is 11.5 Å². The Morgan fingerprint density at radius 1 is 1.32 bits per heavy atom. The van der Waals surface area contributed by atoms with E-state index in [1.165, 1.54) is 4.57 Å². The summed E-state index contributed by atoms with van der Waals surface area (Å²) in [7, 11) is 0. The Morgan fingerprint density at radius 2 is 2.05 bits per heavy atom. The van der Waals surface area contributed by atoms with Crippen molar-refractivity contribution in [3.63, 3.8) is 0 Å². The minimum absolute atomic E-state index is 0.0677. The van der Waals surface area contributed by atoms with Crippen LogP contribution in [-0.4, -0.2) is 20.6 Å². The molecule has 0 radical (unpaired) electrons. The molecular weight excluding hydrogens is 284 g/mol. The summed E-state index contributed by atoms with van der Waals surface area (Å²) in [6.07, 6.45) is 0. The zero-order chi connectivity index (χ0) is 16.1. The lowest BCUT2D eigenvalue weighted by atomic mass is 9.86. The maximum Gasteiger partial charge on any atom is 0.353 e. The Labute approximate surface area is 127 Å². The Hall–Kier alpha value is -2.63. The fraction of sp³-hybridized carbons (Fsp3) is 0.312. The third-order valence-corrected chi connectivity index (χ3v) is 3.64. The summed E-state index contributed by atoms with van der Waals surface area (Å²) in [5.41, 5.74) is 0.854. The minimum Gasteiger partial charge on any atom is -0.483 e. The second kappa shape index (κ2) is 4.69. The smallest absolute Gasteiger partial charge is 0.353 e. The quantitative estimate of drug-likeness (QED) is 0.872. The molecule has 2 aromatic rings. The number of hydrogen-bond acceptors (Lipinski definition) is 4. The Balaban J connectivity index is 2.32. The number of carboxylic acid groups (broad SMARTS) is 1. The highest BCUT2D eigenvalue weighted by Gasteiger charge is 2.25. The molecule has 0 bridgehead atoms. The van der Waals surface area contributed by atoms with Gasteiger partial charge in [0.1, 0.15) is 18.1 Å². The molecule has 0 atom stereocenters. The van der Waals surface area contributed by atoms with Gasteiger partial charge in [-0.3, -0.25) is 9.36 Å². The molecule has 0 fully saturated rings. The van der Waals surface area contributed by atoms with E-state index in [2.05, 4.69) is 25.8 Å². The molecule has 1 aliphatic rings. The Bertz CT molecular complexity index is 831. The molecule has 6 nitrogen and oxygen atoms in total. The molecule has 0 amide bonds. The first-order valence-corrected chi connectivity index (χ1v) is 6.91. The number of aromatic carboxylic acids is 1. The van der Waals surface area contributed by atoms with Gasteiger partial charge in [0.25, 0.3) is 5.56 Å². The SMILES string of the molecule is CC(C)(C)c1ccc2c(c1)-n1c(C(=O)O)cc(=O)nc1CO2. The zero-order valence-electron chi connectivity index (χ0n) is 12.6. The second-order valence-electron chi connectivity index (χ2n) is 6.26. The molecule has 6 heteroatoms. The number of hydrogen-bond donors (Lipinski definition) is 1. The van der Waals surface area contributed by atoms with E-state index in [0.29, 0.717) is 17.3 Å². The summed E-state index contributed by atoms with van der Waals surface area (Å²) in [4.78, 5) is 26.9. The molecule has 0 spiro atoms. The molecule has 0 saturated carbocycles. The van der Waals surface area contributed by atoms with Crippen molar-refractivity contribution in [3.05, 3.63) is 51.7 Å². The molecule has 114 valence electrons. The van der Waals surface area contributed by atoms with Gasteiger partial charge in [0, 0.05) is 6.07 Å². The van der Waals surface area contributed by atoms with Gasteiger partial charge in [-0.15, -0.1) is 0 Å². The van der Waals surface area contributed by atoms with E-state index in [9.17, 15) is 14.7 Å². The van der Waals surface area contributed by atoms with Crippen LogP contribution in [0.5, 0.6) is 5.75 Å². The van der Waals surface area contributed by atoms with Crippen molar-refractivity contribution in [2.75, 3.05) is 0 Å². The van der Waals surface area contributed by atoms with Crippen LogP contribution in [0, 0.1) is 0 Å². The molecule has 3 rings (SSSR count). The number of carboxylic acids is 1. The van der Waals surface area contributed by atoms with Crippen LogP contribution in [0.25, 0.3) is 5.69 Å². The number of carbonyl (C=O) groups is 1. The van der Waals surface area contributed by atoms with Crippen molar-refractivity contribution < 1.29 is 14.6 Å². The van der Waals surface area contributed by atoms with Gasteiger partial charge in [0.2, 0.25) is 0 Å². The summed E-state index contributed by atoms with van der Waals surface area (Å²) in [6.45, 7) is 6.28. The molecule has 0 unspecified atom stereocenters. The largest absolute Gasteiger partial charge is 0.483 e. The van der Waals surface area contributed by atoms with Crippen LogP contribution in [0.1, 0.15) is 42.6 Å². The van der Waals surface area contributed by atoms with E-state index in [-0.39, 0.29) is 17.7 Å². The predicted molar refractivity (Wildman–Crippen MR) is 79.8 cm³/mol. The molecule has 1 N–H and O–H groups in total. The van der Waals surface area contributed by atoms with Crippen LogP contribution in [0.4, 0.5) is 0 Å². The number of aromatic nitrogens is 2. The first-order chi connectivity index (χ1) is 10.3. The summed E-state index contributed by atoms with van der Waals surface area (Å²) < 4.78 is 7.08. The molecule has 1 aromatic carbocycles. The highest BCUT2D eigenvalue weighted by Crippen LogP contribution is 2.34. The number of fused-ring (bicyclic) bond motifs is 3. The highest BCUT2D eigenvalue weighted by molar-refractivity contribution is 5.86. The predicted octanol–water partition coefficient (Wildman–Crippen LogP) is 2.12. The fourth-order valence-electron chi connectivity index (χ4n) is 2.48. The third-order valence-electron chi connectivity index (χ3n) is 3.64. The molecule has 22 heavy (non-hydrogen) atoms. The lowest BCUT2D eigenvalue weighted by molar-refractivity contribution is 0.0684. The minimum atomic E-state index is -1.17. The van der Waals surface area contributed by atoms with E-state index in [1.807, 2.05) is 18.2 Å². The van der Waals surface area contributed by atoms with Crippen molar-refractivity contribution >= 4 is 5.97 Å². The molecular formula is C16H16N2O4. The number of nitrogens with zero attached hydrogens (tertiary/aromatic N) is 2. The van der Waals surface area contributed by atoms with Gasteiger partial charge < -0.3 is 9.84 Å². The first kappa shape index (κ1) is 14.3. The van der Waals surface area contributed by atoms with Crippen LogP contribution in [0.3, 0.4) is 0 Å². The Morgan fingerprint density at radius 3 is 2.68 bits per heavy atom. The van der Waals surface area contributed by atoms with Gasteiger partial charge >= 0.3 is 5.97 Å². The van der Waals surface area contributed by atoms with Crippen molar-refractivity contribution in [1.82, 2.24) is 9.55 Å². The van der Waals surface area contributed by atoms with Crippen molar-refractivity contribution in [3.8, 4) is 11.4 Å². The van der Waals surface area contributed by atoms with E-state index >= 15 is 0 Å².